The average molecular weight is 1720 g/mol. The molecule has 0 amide bonds. The van der Waals surface area contributed by atoms with E-state index in [1.807, 2.05) is 36.4 Å². The van der Waals surface area contributed by atoms with E-state index in [1.165, 1.54) is 164 Å². The third kappa shape index (κ3) is 11.7. The Morgan fingerprint density at radius 2 is 0.378 bits per heavy atom. The number of hydrogen-bond donors (Lipinski definition) is 0. The van der Waals surface area contributed by atoms with E-state index in [1.54, 1.807) is 0 Å². The first-order chi connectivity index (χ1) is 67.0. The molecule has 0 atom stereocenters. The fourth-order valence-electron chi connectivity index (χ4n) is 22.3. The first kappa shape index (κ1) is 75.8. The predicted molar refractivity (Wildman–Crippen MR) is 564 cm³/mol. The topological polar surface area (TPSA) is 69.0 Å². The molecule has 9 aromatic heterocycles. The Balaban J connectivity index is 0.000000101. The fraction of sp³-hybridized carbons (Fsp3) is 0. The van der Waals surface area contributed by atoms with Gasteiger partial charge in [0.2, 0.25) is 0 Å². The Morgan fingerprint density at radius 1 is 0.126 bits per heavy atom. The average Bonchev–Trinajstić information content (AvgIpc) is 1.75. The van der Waals surface area contributed by atoms with Crippen LogP contribution in [0.3, 0.4) is 0 Å². The molecule has 0 aliphatic carbocycles. The molecule has 0 radical (unpaired) electrons. The van der Waals surface area contributed by atoms with Gasteiger partial charge in [-0.1, -0.05) is 297 Å². The zero-order valence-electron chi connectivity index (χ0n) is 72.9. The normalized spacial score (nSPS) is 12.0. The molecule has 9 nitrogen and oxygen atoms in total. The molecule has 135 heavy (non-hydrogen) atoms. The minimum atomic E-state index is 0.898. The van der Waals surface area contributed by atoms with E-state index in [4.69, 9.17) is 13.3 Å². The minimum Gasteiger partial charge on any atom is -0.456 e. The van der Waals surface area contributed by atoms with Crippen LogP contribution >= 0.6 is 0 Å². The van der Waals surface area contributed by atoms with E-state index >= 15 is 0 Å². The molecular formula is C126H78N6O3. The Hall–Kier alpha value is -18.2. The second kappa shape index (κ2) is 30.2. The van der Waals surface area contributed by atoms with Crippen LogP contribution in [0, 0.1) is 0 Å². The summed E-state index contributed by atoms with van der Waals surface area (Å²) in [6.45, 7) is 0. The molecule has 9 heterocycles. The van der Waals surface area contributed by atoms with E-state index in [0.29, 0.717) is 0 Å². The second-order valence-corrected chi connectivity index (χ2v) is 35.2. The quantitative estimate of drug-likeness (QED) is 0.145. The van der Waals surface area contributed by atoms with Gasteiger partial charge in [0.25, 0.3) is 0 Å². The van der Waals surface area contributed by atoms with Crippen molar-refractivity contribution in [1.29, 1.82) is 0 Å². The lowest BCUT2D eigenvalue weighted by atomic mass is 9.99. The van der Waals surface area contributed by atoms with Gasteiger partial charge in [-0.3, -0.25) is 0 Å². The number of rotatable bonds is 9. The molecule has 630 valence electrons. The maximum absolute atomic E-state index is 6.30. The van der Waals surface area contributed by atoms with Gasteiger partial charge < -0.3 is 40.7 Å². The third-order valence-electron chi connectivity index (χ3n) is 27.9. The first-order valence-corrected chi connectivity index (χ1v) is 46.1. The zero-order valence-corrected chi connectivity index (χ0v) is 72.9. The minimum absolute atomic E-state index is 0.898. The maximum Gasteiger partial charge on any atom is 0.137 e. The van der Waals surface area contributed by atoms with Crippen LogP contribution in [0.5, 0.6) is 0 Å². The van der Waals surface area contributed by atoms with Crippen molar-refractivity contribution in [3.8, 4) is 67.5 Å². The van der Waals surface area contributed by atoms with Crippen LogP contribution in [0.4, 0.5) is 0 Å². The van der Waals surface area contributed by atoms with Gasteiger partial charge in [0.15, 0.2) is 0 Å². The van der Waals surface area contributed by atoms with Crippen molar-refractivity contribution in [1.82, 2.24) is 27.4 Å². The van der Waals surface area contributed by atoms with Gasteiger partial charge in [0.05, 0.1) is 77.3 Å². The second-order valence-electron chi connectivity index (χ2n) is 35.2. The van der Waals surface area contributed by atoms with Crippen LogP contribution in [0.25, 0.3) is 264 Å². The zero-order chi connectivity index (χ0) is 88.5. The highest BCUT2D eigenvalue weighted by molar-refractivity contribution is 6.22. The molecule has 30 aromatic rings. The highest BCUT2D eigenvalue weighted by Gasteiger charge is 2.26. The fourth-order valence-corrected chi connectivity index (χ4v) is 22.3. The van der Waals surface area contributed by atoms with Crippen LogP contribution in [-0.2, 0) is 0 Å². The summed E-state index contributed by atoms with van der Waals surface area (Å²) in [5, 5.41) is 21.9. The molecule has 30 rings (SSSR count). The molecule has 0 saturated carbocycles. The molecule has 9 heteroatoms. The molecule has 0 bridgehead atoms. The Labute approximate surface area is 772 Å². The Bertz CT molecular complexity index is 9980. The maximum atomic E-state index is 6.30. The lowest BCUT2D eigenvalue weighted by Crippen LogP contribution is -1.95. The van der Waals surface area contributed by atoms with Crippen molar-refractivity contribution in [2.24, 2.45) is 0 Å². The van der Waals surface area contributed by atoms with E-state index in [9.17, 15) is 0 Å². The summed E-state index contributed by atoms with van der Waals surface area (Å²) in [5.74, 6) is 0. The number of para-hydroxylation sites is 12. The summed E-state index contributed by atoms with van der Waals surface area (Å²) in [7, 11) is 0. The molecule has 0 aliphatic rings. The smallest absolute Gasteiger partial charge is 0.137 e. The summed E-state index contributed by atoms with van der Waals surface area (Å²) < 4.78 is 33.1. The van der Waals surface area contributed by atoms with Gasteiger partial charge in [-0.05, 0) is 203 Å². The Morgan fingerprint density at radius 3 is 0.793 bits per heavy atom. The number of aromatic nitrogens is 6. The Kier molecular flexibility index (Phi) is 17.0. The van der Waals surface area contributed by atoms with Crippen molar-refractivity contribution in [3.63, 3.8) is 0 Å². The molecule has 0 fully saturated rings. The summed E-state index contributed by atoms with van der Waals surface area (Å²) in [4.78, 5) is 0. The SMILES string of the molecule is c1cc(-c2cccc3c2c2ccccc2n3-c2ccc3c(c2)oc2ccccc23)cc(-n2c3ccccc3c3ccccc32)c1.c1cc(-c2cccc3c2c2ccccc2n3-c2ccc3oc4ccccc4c3c2)cc(-n2c3ccccc3c3ccccc32)c1.c1cc(-c2cccc3c2c2ccccc2n3-c2cccc3oc4ccccc4c23)cc(-n2c3ccccc3c3ccccc32)c1. The van der Waals surface area contributed by atoms with Crippen LogP contribution < -0.4 is 0 Å². The standard InChI is InChI=1S/3C42H26N2O/c1-5-19-34-30(14-1)31-15-2-6-20-35(31)43(34)28-13-9-12-27(26-28)29-18-10-22-37-41(29)32-16-3-7-21-36(32)44(37)38-23-11-25-40-42(38)33-17-4-8-24-39(33)45-40;1-5-18-36-31(13-1)32-14-2-6-19-37(32)43(36)28-12-9-11-27(25-28)30-17-10-21-39-42(30)35-16-3-7-20-38(35)44(39)29-23-24-34-33-15-4-8-22-40(33)45-41(34)26-29;1-5-18-36-31(13-1)32-14-2-6-19-37(32)43(36)28-12-9-11-27(25-28)30-17-10-21-39-42(30)34-16-3-7-20-38(34)44(39)29-23-24-41-35(26-29)33-15-4-8-22-40(33)45-41/h3*1-26H. The van der Waals surface area contributed by atoms with E-state index in [2.05, 4.69) is 464 Å². The molecule has 21 aromatic carbocycles. The van der Waals surface area contributed by atoms with Crippen LogP contribution in [0.2, 0.25) is 0 Å². The van der Waals surface area contributed by atoms with Crippen molar-refractivity contribution in [3.05, 3.63) is 473 Å². The summed E-state index contributed by atoms with van der Waals surface area (Å²) >= 11 is 0. The van der Waals surface area contributed by atoms with E-state index < -0.39 is 0 Å². The number of furan rings is 3. The molecule has 0 aliphatic heterocycles. The van der Waals surface area contributed by atoms with Gasteiger partial charge in [0, 0.05) is 126 Å². The summed E-state index contributed by atoms with van der Waals surface area (Å²) in [6.07, 6.45) is 0. The molecule has 0 spiro atoms. The molecule has 0 unspecified atom stereocenters. The number of hydrogen-bond acceptors (Lipinski definition) is 3. The van der Waals surface area contributed by atoms with E-state index in [-0.39, 0.29) is 0 Å². The molecule has 0 saturated heterocycles. The van der Waals surface area contributed by atoms with Gasteiger partial charge in [-0.2, -0.15) is 0 Å². The van der Waals surface area contributed by atoms with Crippen LogP contribution in [0.1, 0.15) is 0 Å². The highest BCUT2D eigenvalue weighted by Crippen LogP contribution is 2.48. The van der Waals surface area contributed by atoms with Crippen LogP contribution in [0.15, 0.2) is 486 Å². The molecular weight excluding hydrogens is 1650 g/mol. The van der Waals surface area contributed by atoms with Gasteiger partial charge in [-0.25, -0.2) is 0 Å². The largest absolute Gasteiger partial charge is 0.456 e. The van der Waals surface area contributed by atoms with Crippen molar-refractivity contribution in [2.45, 2.75) is 0 Å². The van der Waals surface area contributed by atoms with Crippen molar-refractivity contribution in [2.75, 3.05) is 0 Å². The number of benzene rings is 21. The number of fused-ring (bicyclic) bond motifs is 27. The number of nitrogens with zero attached hydrogens (tertiary/aromatic N) is 6. The predicted octanol–water partition coefficient (Wildman–Crippen LogP) is 34.3. The first-order valence-electron chi connectivity index (χ1n) is 46.1. The summed E-state index contributed by atoms with van der Waals surface area (Å²) in [6, 6.07) is 170. The van der Waals surface area contributed by atoms with E-state index in [0.717, 1.165) is 99.9 Å². The molecule has 0 N–H and O–H groups in total. The monoisotopic (exact) mass is 1720 g/mol. The third-order valence-corrected chi connectivity index (χ3v) is 27.9. The van der Waals surface area contributed by atoms with Crippen LogP contribution in [-0.4, -0.2) is 27.4 Å². The van der Waals surface area contributed by atoms with Crippen molar-refractivity contribution >= 4 is 197 Å². The van der Waals surface area contributed by atoms with Gasteiger partial charge in [0.1, 0.15) is 33.5 Å². The lowest BCUT2D eigenvalue weighted by molar-refractivity contribution is 0.668. The van der Waals surface area contributed by atoms with Gasteiger partial charge >= 0.3 is 0 Å². The summed E-state index contributed by atoms with van der Waals surface area (Å²) in [5.41, 5.74) is 33.8. The van der Waals surface area contributed by atoms with Crippen molar-refractivity contribution < 1.29 is 13.3 Å². The highest BCUT2D eigenvalue weighted by atomic mass is 16.3. The lowest BCUT2D eigenvalue weighted by Gasteiger charge is -2.12. The van der Waals surface area contributed by atoms with Gasteiger partial charge in [-0.15, -0.1) is 0 Å².